The molecule has 1 spiro atoms. The molecule has 128 valence electrons. The molecule has 0 bridgehead atoms. The number of carbonyl (C=O) groups is 2. The summed E-state index contributed by atoms with van der Waals surface area (Å²) in [5.41, 5.74) is 0.340. The summed E-state index contributed by atoms with van der Waals surface area (Å²) in [5, 5.41) is 3.63. The molecule has 5 nitrogen and oxygen atoms in total. The van der Waals surface area contributed by atoms with Crippen LogP contribution in [-0.4, -0.2) is 41.6 Å². The normalized spacial score (nSPS) is 23.0. The zero-order valence-corrected chi connectivity index (χ0v) is 14.4. The van der Waals surface area contributed by atoms with Gasteiger partial charge in [-0.1, -0.05) is 30.7 Å². The molecule has 2 fully saturated rings. The fourth-order valence-electron chi connectivity index (χ4n) is 3.11. The first-order chi connectivity index (χ1) is 11.5. The maximum Gasteiger partial charge on any atom is 0.251 e. The molecular weight excluding hydrogens is 328 g/mol. The van der Waals surface area contributed by atoms with Crippen LogP contribution in [0.15, 0.2) is 30.3 Å². The number of amides is 2. The van der Waals surface area contributed by atoms with Gasteiger partial charge in [0.15, 0.2) is 0 Å². The topological polar surface area (TPSA) is 58.6 Å². The highest BCUT2D eigenvalue weighted by molar-refractivity contribution is 6.30. The Morgan fingerprint density at radius 2 is 2.04 bits per heavy atom. The van der Waals surface area contributed by atoms with E-state index in [0.29, 0.717) is 37.4 Å². The number of likely N-dealkylation sites (tertiary alicyclic amines) is 1. The van der Waals surface area contributed by atoms with E-state index in [1.807, 2.05) is 19.1 Å². The molecule has 0 saturated carbocycles. The number of piperidine rings is 1. The molecule has 2 saturated heterocycles. The van der Waals surface area contributed by atoms with Crippen molar-refractivity contribution in [2.45, 2.75) is 38.0 Å². The summed E-state index contributed by atoms with van der Waals surface area (Å²) < 4.78 is 5.89. The first-order valence-corrected chi connectivity index (χ1v) is 8.61. The van der Waals surface area contributed by atoms with E-state index in [9.17, 15) is 9.59 Å². The van der Waals surface area contributed by atoms with Crippen molar-refractivity contribution in [2.75, 3.05) is 13.1 Å². The van der Waals surface area contributed by atoms with Crippen molar-refractivity contribution < 1.29 is 14.3 Å². The largest absolute Gasteiger partial charge is 0.343 e. The van der Waals surface area contributed by atoms with Crippen molar-refractivity contribution in [1.29, 1.82) is 0 Å². The van der Waals surface area contributed by atoms with Crippen molar-refractivity contribution in [3.05, 3.63) is 40.9 Å². The van der Waals surface area contributed by atoms with Gasteiger partial charge < -0.3 is 15.0 Å². The predicted molar refractivity (Wildman–Crippen MR) is 92.3 cm³/mol. The van der Waals surface area contributed by atoms with Crippen LogP contribution < -0.4 is 5.32 Å². The lowest BCUT2D eigenvalue weighted by Gasteiger charge is -2.38. The lowest BCUT2D eigenvalue weighted by Crippen LogP contribution is -2.52. The van der Waals surface area contributed by atoms with Crippen molar-refractivity contribution in [1.82, 2.24) is 10.2 Å². The number of ether oxygens (including phenoxy) is 1. The van der Waals surface area contributed by atoms with Gasteiger partial charge in [-0.05, 0) is 30.2 Å². The number of rotatable bonds is 3. The number of nitrogens with one attached hydrogen (secondary N) is 1. The van der Waals surface area contributed by atoms with Crippen LogP contribution in [0.5, 0.6) is 0 Å². The van der Waals surface area contributed by atoms with Crippen LogP contribution in [0.4, 0.5) is 0 Å². The first kappa shape index (κ1) is 17.0. The zero-order valence-electron chi connectivity index (χ0n) is 13.6. The highest BCUT2D eigenvalue weighted by Crippen LogP contribution is 2.30. The smallest absolute Gasteiger partial charge is 0.251 e. The van der Waals surface area contributed by atoms with Crippen LogP contribution >= 0.6 is 11.6 Å². The zero-order chi connectivity index (χ0) is 17.2. The number of halogens is 1. The summed E-state index contributed by atoms with van der Waals surface area (Å²) in [5.74, 6) is -0.0731. The van der Waals surface area contributed by atoms with Crippen LogP contribution in [0.1, 0.15) is 31.7 Å². The molecule has 3 rings (SSSR count). The lowest BCUT2D eigenvalue weighted by atomic mass is 10.0. The Bertz CT molecular complexity index is 649. The maximum atomic E-state index is 12.3. The standard InChI is InChI=1S/C18H21ClN2O3/c1-2-15-17(23)20-18(24-15)9-11-21(12-10-18)16(22)8-5-13-3-6-14(19)7-4-13/h3-8,15H,2,9-12H2,1H3,(H,20,23)/b8-5+. The molecule has 1 aromatic carbocycles. The van der Waals surface area contributed by atoms with Crippen molar-refractivity contribution >= 4 is 29.5 Å². The fraction of sp³-hybridized carbons (Fsp3) is 0.444. The van der Waals surface area contributed by atoms with E-state index in [1.165, 1.54) is 0 Å². The number of carbonyl (C=O) groups excluding carboxylic acids is 2. The van der Waals surface area contributed by atoms with Gasteiger partial charge in [-0.2, -0.15) is 0 Å². The second-order valence-electron chi connectivity index (χ2n) is 6.21. The van der Waals surface area contributed by atoms with Gasteiger partial charge in [0.05, 0.1) is 0 Å². The quantitative estimate of drug-likeness (QED) is 0.854. The fourth-order valence-corrected chi connectivity index (χ4v) is 3.23. The molecular formula is C18H21ClN2O3. The van der Waals surface area contributed by atoms with E-state index >= 15 is 0 Å². The second kappa shape index (κ2) is 6.95. The van der Waals surface area contributed by atoms with Crippen LogP contribution in [0.2, 0.25) is 5.02 Å². The third kappa shape index (κ3) is 3.62. The van der Waals surface area contributed by atoms with Gasteiger partial charge in [0.2, 0.25) is 5.91 Å². The number of benzene rings is 1. The Morgan fingerprint density at radius 1 is 1.38 bits per heavy atom. The van der Waals surface area contributed by atoms with E-state index < -0.39 is 5.72 Å². The summed E-state index contributed by atoms with van der Waals surface area (Å²) in [4.78, 5) is 25.9. The van der Waals surface area contributed by atoms with E-state index in [-0.39, 0.29) is 17.9 Å². The Balaban J connectivity index is 1.56. The summed E-state index contributed by atoms with van der Waals surface area (Å²) in [6, 6.07) is 7.31. The monoisotopic (exact) mass is 348 g/mol. The molecule has 2 aliphatic rings. The van der Waals surface area contributed by atoms with E-state index in [0.717, 1.165) is 5.56 Å². The third-order valence-electron chi connectivity index (χ3n) is 4.55. The first-order valence-electron chi connectivity index (χ1n) is 8.24. The minimum Gasteiger partial charge on any atom is -0.343 e. The van der Waals surface area contributed by atoms with Crippen molar-refractivity contribution in [3.8, 4) is 0 Å². The molecule has 0 aromatic heterocycles. The number of hydrogen-bond acceptors (Lipinski definition) is 3. The summed E-state index contributed by atoms with van der Waals surface area (Å²) >= 11 is 5.85. The molecule has 1 atom stereocenters. The van der Waals surface area contributed by atoms with E-state index in [2.05, 4.69) is 5.32 Å². The molecule has 2 amide bonds. The van der Waals surface area contributed by atoms with Gasteiger partial charge in [-0.15, -0.1) is 0 Å². The number of hydrogen-bond donors (Lipinski definition) is 1. The van der Waals surface area contributed by atoms with Crippen LogP contribution in [0, 0.1) is 0 Å². The molecule has 1 N–H and O–H groups in total. The Kier molecular flexibility index (Phi) is 4.92. The molecule has 0 radical (unpaired) electrons. The summed E-state index contributed by atoms with van der Waals surface area (Å²) in [6.07, 6.45) is 4.90. The van der Waals surface area contributed by atoms with Crippen LogP contribution in [0.3, 0.4) is 0 Å². The Morgan fingerprint density at radius 3 is 2.62 bits per heavy atom. The average molecular weight is 349 g/mol. The molecule has 0 aliphatic carbocycles. The lowest BCUT2D eigenvalue weighted by molar-refractivity contribution is -0.134. The highest BCUT2D eigenvalue weighted by Gasteiger charge is 2.46. The third-order valence-corrected chi connectivity index (χ3v) is 4.81. The highest BCUT2D eigenvalue weighted by atomic mass is 35.5. The Labute approximate surface area is 146 Å². The minimum absolute atomic E-state index is 0.0313. The second-order valence-corrected chi connectivity index (χ2v) is 6.64. The molecule has 1 unspecified atom stereocenters. The van der Waals surface area contributed by atoms with E-state index in [4.69, 9.17) is 16.3 Å². The van der Waals surface area contributed by atoms with Gasteiger partial charge in [0.1, 0.15) is 11.8 Å². The SMILES string of the molecule is CCC1OC2(CCN(C(=O)/C=C/c3ccc(Cl)cc3)CC2)NC1=O. The molecule has 2 heterocycles. The molecule has 6 heteroatoms. The minimum atomic E-state index is -0.589. The maximum absolute atomic E-state index is 12.3. The number of nitrogens with zero attached hydrogens (tertiary/aromatic N) is 1. The van der Waals surface area contributed by atoms with Crippen LogP contribution in [0.25, 0.3) is 6.08 Å². The van der Waals surface area contributed by atoms with Crippen molar-refractivity contribution in [3.63, 3.8) is 0 Å². The summed E-state index contributed by atoms with van der Waals surface area (Å²) in [6.45, 7) is 3.07. The predicted octanol–water partition coefficient (Wildman–Crippen LogP) is 2.60. The molecule has 1 aromatic rings. The molecule has 24 heavy (non-hydrogen) atoms. The molecule has 2 aliphatic heterocycles. The summed E-state index contributed by atoms with van der Waals surface area (Å²) in [7, 11) is 0. The van der Waals surface area contributed by atoms with Gasteiger partial charge in [-0.25, -0.2) is 0 Å². The van der Waals surface area contributed by atoms with Gasteiger partial charge in [-0.3, -0.25) is 9.59 Å². The van der Waals surface area contributed by atoms with Gasteiger partial charge in [0.25, 0.3) is 5.91 Å². The average Bonchev–Trinajstić information content (AvgIpc) is 2.90. The Hall–Kier alpha value is -1.85. The van der Waals surface area contributed by atoms with Gasteiger partial charge >= 0.3 is 0 Å². The van der Waals surface area contributed by atoms with Crippen LogP contribution in [-0.2, 0) is 14.3 Å². The van der Waals surface area contributed by atoms with E-state index in [1.54, 1.807) is 29.2 Å². The van der Waals surface area contributed by atoms with Gasteiger partial charge in [0, 0.05) is 37.0 Å². The van der Waals surface area contributed by atoms with Crippen molar-refractivity contribution in [2.24, 2.45) is 0 Å².